The largest absolute Gasteiger partial charge is 0.545 e. The number of carboxylic acid groups (broad SMARTS) is 1. The fourth-order valence-corrected chi connectivity index (χ4v) is 2.81. The van der Waals surface area contributed by atoms with Gasteiger partial charge in [-0.25, -0.2) is 0 Å². The maximum absolute atomic E-state index is 12.2. The number of benzene rings is 1. The summed E-state index contributed by atoms with van der Waals surface area (Å²) >= 11 is 11.3. The molecule has 0 saturated heterocycles. The Labute approximate surface area is 132 Å². The second kappa shape index (κ2) is 5.70. The van der Waals surface area contributed by atoms with Crippen molar-refractivity contribution in [3.8, 4) is 0 Å². The van der Waals surface area contributed by atoms with Gasteiger partial charge in [-0.1, -0.05) is 49.2 Å². The zero-order valence-electron chi connectivity index (χ0n) is 11.5. The molecule has 0 aromatic heterocycles. The number of halogens is 2. The molecule has 4 nitrogen and oxygen atoms in total. The van der Waals surface area contributed by atoms with Crippen LogP contribution in [0.2, 0.25) is 0 Å². The van der Waals surface area contributed by atoms with Gasteiger partial charge in [0.2, 0.25) is 5.91 Å². The number of anilines is 1. The molecule has 1 aliphatic rings. The minimum absolute atomic E-state index is 0.00927. The van der Waals surface area contributed by atoms with E-state index in [1.807, 2.05) is 13.8 Å². The molecular weight excluding hydrogens is 313 g/mol. The van der Waals surface area contributed by atoms with Crippen molar-refractivity contribution in [2.75, 3.05) is 5.32 Å². The van der Waals surface area contributed by atoms with Gasteiger partial charge in [-0.15, -0.1) is 0 Å². The number of hydrogen-bond donors (Lipinski definition) is 1. The molecule has 1 saturated carbocycles. The Morgan fingerprint density at radius 3 is 2.29 bits per heavy atom. The van der Waals surface area contributed by atoms with Crippen LogP contribution in [0.25, 0.3) is 0 Å². The molecule has 1 aliphatic carbocycles. The Kier molecular flexibility index (Phi) is 4.30. The third-order valence-electron chi connectivity index (χ3n) is 3.89. The lowest BCUT2D eigenvalue weighted by Gasteiger charge is -2.07. The van der Waals surface area contributed by atoms with Crippen molar-refractivity contribution in [1.82, 2.24) is 0 Å². The van der Waals surface area contributed by atoms with Gasteiger partial charge in [0.05, 0.1) is 11.9 Å². The standard InChI is InChI=1S/C15H15Cl2NO3/c1-15(2)10(7-11(16)17)12(15)13(19)18-9-5-3-8(4-6-9)14(20)21/h3-7,10,12H,1-2H3,(H,18,19)(H,20,21)/p-1/t10-,12+/m0/s1. The zero-order valence-corrected chi connectivity index (χ0v) is 13.0. The summed E-state index contributed by atoms with van der Waals surface area (Å²) in [6.45, 7) is 3.93. The fourth-order valence-electron chi connectivity index (χ4n) is 2.53. The van der Waals surface area contributed by atoms with Crippen LogP contribution in [0.4, 0.5) is 5.69 Å². The van der Waals surface area contributed by atoms with Crippen LogP contribution in [0.3, 0.4) is 0 Å². The van der Waals surface area contributed by atoms with Gasteiger partial charge in [-0.3, -0.25) is 4.79 Å². The zero-order chi connectivity index (χ0) is 15.8. The molecule has 0 radical (unpaired) electrons. The molecular formula is C15H14Cl2NO3-. The highest BCUT2D eigenvalue weighted by molar-refractivity contribution is 6.55. The van der Waals surface area contributed by atoms with E-state index < -0.39 is 5.97 Å². The first-order chi connectivity index (χ1) is 9.73. The maximum Gasteiger partial charge on any atom is 0.228 e. The molecule has 112 valence electrons. The van der Waals surface area contributed by atoms with Crippen molar-refractivity contribution in [3.63, 3.8) is 0 Å². The second-order valence-electron chi connectivity index (χ2n) is 5.64. The van der Waals surface area contributed by atoms with Gasteiger partial charge < -0.3 is 15.2 Å². The molecule has 1 aromatic rings. The Bertz CT molecular complexity index is 604. The summed E-state index contributed by atoms with van der Waals surface area (Å²) in [5, 5.41) is 13.4. The van der Waals surface area contributed by atoms with E-state index in [0.29, 0.717) is 5.69 Å². The minimum Gasteiger partial charge on any atom is -0.545 e. The van der Waals surface area contributed by atoms with Crippen LogP contribution in [0, 0.1) is 17.3 Å². The summed E-state index contributed by atoms with van der Waals surface area (Å²) in [4.78, 5) is 22.9. The van der Waals surface area contributed by atoms with E-state index in [0.717, 1.165) is 0 Å². The summed E-state index contributed by atoms with van der Waals surface area (Å²) in [5.41, 5.74) is 0.395. The Balaban J connectivity index is 2.05. The van der Waals surface area contributed by atoms with Crippen LogP contribution in [-0.2, 0) is 4.79 Å². The number of aromatic carboxylic acids is 1. The van der Waals surface area contributed by atoms with E-state index in [9.17, 15) is 14.7 Å². The third-order valence-corrected chi connectivity index (χ3v) is 4.14. The van der Waals surface area contributed by atoms with Gasteiger partial charge >= 0.3 is 0 Å². The molecule has 1 aromatic carbocycles. The van der Waals surface area contributed by atoms with E-state index in [1.165, 1.54) is 24.3 Å². The van der Waals surface area contributed by atoms with Crippen molar-refractivity contribution < 1.29 is 14.7 Å². The lowest BCUT2D eigenvalue weighted by molar-refractivity contribution is -0.255. The van der Waals surface area contributed by atoms with Crippen molar-refractivity contribution in [2.24, 2.45) is 17.3 Å². The predicted molar refractivity (Wildman–Crippen MR) is 80.0 cm³/mol. The highest BCUT2D eigenvalue weighted by atomic mass is 35.5. The highest BCUT2D eigenvalue weighted by Crippen LogP contribution is 2.59. The van der Waals surface area contributed by atoms with Gasteiger partial charge in [0, 0.05) is 5.69 Å². The average Bonchev–Trinajstić information content (AvgIpc) is 2.90. The van der Waals surface area contributed by atoms with E-state index in [4.69, 9.17) is 23.2 Å². The molecule has 0 bridgehead atoms. The summed E-state index contributed by atoms with van der Waals surface area (Å²) in [7, 11) is 0. The lowest BCUT2D eigenvalue weighted by atomic mass is 10.1. The molecule has 21 heavy (non-hydrogen) atoms. The Morgan fingerprint density at radius 2 is 1.81 bits per heavy atom. The lowest BCUT2D eigenvalue weighted by Crippen LogP contribution is -2.22. The van der Waals surface area contributed by atoms with Crippen molar-refractivity contribution in [2.45, 2.75) is 13.8 Å². The number of carbonyl (C=O) groups is 2. The second-order valence-corrected chi connectivity index (χ2v) is 6.64. The monoisotopic (exact) mass is 326 g/mol. The smallest absolute Gasteiger partial charge is 0.228 e. The van der Waals surface area contributed by atoms with E-state index in [-0.39, 0.29) is 33.2 Å². The number of carbonyl (C=O) groups excluding carboxylic acids is 2. The first-order valence-electron chi connectivity index (χ1n) is 6.38. The van der Waals surface area contributed by atoms with Crippen molar-refractivity contribution in [1.29, 1.82) is 0 Å². The molecule has 1 fully saturated rings. The summed E-state index contributed by atoms with van der Waals surface area (Å²) < 4.78 is 0.154. The van der Waals surface area contributed by atoms with Crippen LogP contribution >= 0.6 is 23.2 Å². The van der Waals surface area contributed by atoms with Gasteiger partial charge in [0.15, 0.2) is 0 Å². The summed E-state index contributed by atoms with van der Waals surface area (Å²) in [5.74, 6) is -1.62. The summed E-state index contributed by atoms with van der Waals surface area (Å²) in [6.07, 6.45) is 1.67. The van der Waals surface area contributed by atoms with Crippen LogP contribution in [0.5, 0.6) is 0 Å². The first kappa shape index (κ1) is 15.9. The van der Waals surface area contributed by atoms with E-state index in [1.54, 1.807) is 6.08 Å². The van der Waals surface area contributed by atoms with Crippen molar-refractivity contribution in [3.05, 3.63) is 40.4 Å². The molecule has 0 unspecified atom stereocenters. The number of nitrogens with one attached hydrogen (secondary N) is 1. The quantitative estimate of drug-likeness (QED) is 0.924. The number of rotatable bonds is 4. The molecule has 2 rings (SSSR count). The molecule has 1 N–H and O–H groups in total. The van der Waals surface area contributed by atoms with Gasteiger partial charge in [0.1, 0.15) is 4.49 Å². The topological polar surface area (TPSA) is 69.2 Å². The van der Waals surface area contributed by atoms with Crippen molar-refractivity contribution >= 4 is 40.8 Å². The van der Waals surface area contributed by atoms with E-state index >= 15 is 0 Å². The Morgan fingerprint density at radius 1 is 1.24 bits per heavy atom. The number of carboxylic acids is 1. The summed E-state index contributed by atoms with van der Waals surface area (Å²) in [6, 6.07) is 5.82. The molecule has 0 heterocycles. The Hall–Kier alpha value is -1.52. The van der Waals surface area contributed by atoms with Crippen LogP contribution < -0.4 is 10.4 Å². The highest BCUT2D eigenvalue weighted by Gasteiger charge is 2.60. The number of hydrogen-bond acceptors (Lipinski definition) is 3. The molecule has 0 aliphatic heterocycles. The average molecular weight is 327 g/mol. The molecule has 0 spiro atoms. The SMILES string of the molecule is CC1(C)[C@@H](C=C(Cl)Cl)[C@@H]1C(=O)Nc1ccc(C(=O)[O-])cc1. The molecule has 2 atom stereocenters. The van der Waals surface area contributed by atoms with Crippen LogP contribution in [0.1, 0.15) is 24.2 Å². The molecule has 1 amide bonds. The maximum atomic E-state index is 12.2. The van der Waals surface area contributed by atoms with Crippen LogP contribution in [-0.4, -0.2) is 11.9 Å². The normalized spacial score (nSPS) is 22.3. The van der Waals surface area contributed by atoms with E-state index in [2.05, 4.69) is 5.32 Å². The molecule has 6 heteroatoms. The first-order valence-corrected chi connectivity index (χ1v) is 7.14. The number of allylic oxidation sites excluding steroid dienone is 1. The van der Waals surface area contributed by atoms with Gasteiger partial charge in [-0.2, -0.15) is 0 Å². The minimum atomic E-state index is -1.25. The predicted octanol–water partition coefficient (Wildman–Crippen LogP) is 2.58. The van der Waals surface area contributed by atoms with Crippen LogP contribution in [0.15, 0.2) is 34.8 Å². The number of amides is 1. The third kappa shape index (κ3) is 3.39. The fraction of sp³-hybridized carbons (Fsp3) is 0.333. The van der Waals surface area contributed by atoms with Gasteiger partial charge in [0.25, 0.3) is 0 Å². The van der Waals surface area contributed by atoms with Gasteiger partial charge in [-0.05, 0) is 35.1 Å².